The summed E-state index contributed by atoms with van der Waals surface area (Å²) >= 11 is 0. The van der Waals surface area contributed by atoms with Crippen LogP contribution in [-0.4, -0.2) is 49.4 Å². The molecule has 0 saturated heterocycles. The molecule has 0 rings (SSSR count). The zero-order valence-electron chi connectivity index (χ0n) is 9.95. The minimum absolute atomic E-state index is 0.506. The van der Waals surface area contributed by atoms with Crippen molar-refractivity contribution in [3.63, 3.8) is 0 Å². The van der Waals surface area contributed by atoms with Gasteiger partial charge in [0.2, 0.25) is 0 Å². The zero-order valence-corrected chi connectivity index (χ0v) is 11.0. The standard InChI is InChI=1S/C9H23NO4Si/c1-4-13-7-8-14-15(11-2,12-3)9-5-6-10/h4-10H2,1-3H3. The van der Waals surface area contributed by atoms with Crippen LogP contribution in [0.15, 0.2) is 0 Å². The summed E-state index contributed by atoms with van der Waals surface area (Å²) in [5.74, 6) is 0. The fraction of sp³-hybridized carbons (Fsp3) is 1.00. The highest BCUT2D eigenvalue weighted by molar-refractivity contribution is 6.60. The fourth-order valence-corrected chi connectivity index (χ4v) is 3.18. The molecule has 0 bridgehead atoms. The first-order valence-corrected chi connectivity index (χ1v) is 7.20. The normalized spacial score (nSPS) is 12.0. The van der Waals surface area contributed by atoms with Crippen molar-refractivity contribution in [1.82, 2.24) is 0 Å². The molecular formula is C9H23NO4Si. The van der Waals surface area contributed by atoms with Crippen LogP contribution in [-0.2, 0) is 18.0 Å². The third-order valence-electron chi connectivity index (χ3n) is 2.06. The molecule has 0 fully saturated rings. The second kappa shape index (κ2) is 9.26. The van der Waals surface area contributed by atoms with Crippen molar-refractivity contribution in [2.24, 2.45) is 5.73 Å². The summed E-state index contributed by atoms with van der Waals surface area (Å²) in [5, 5.41) is 0. The third-order valence-corrected chi connectivity index (χ3v) is 4.92. The summed E-state index contributed by atoms with van der Waals surface area (Å²) < 4.78 is 21.5. The van der Waals surface area contributed by atoms with Crippen molar-refractivity contribution in [2.45, 2.75) is 19.4 Å². The van der Waals surface area contributed by atoms with Crippen molar-refractivity contribution in [3.05, 3.63) is 0 Å². The Kier molecular flexibility index (Phi) is 9.27. The predicted molar refractivity (Wildman–Crippen MR) is 60.7 cm³/mol. The van der Waals surface area contributed by atoms with Gasteiger partial charge in [-0.25, -0.2) is 0 Å². The Morgan fingerprint density at radius 3 is 2.27 bits per heavy atom. The van der Waals surface area contributed by atoms with Gasteiger partial charge in [-0.3, -0.25) is 0 Å². The van der Waals surface area contributed by atoms with Gasteiger partial charge >= 0.3 is 8.80 Å². The number of nitrogens with two attached hydrogens (primary N) is 1. The Morgan fingerprint density at radius 1 is 1.13 bits per heavy atom. The fourth-order valence-electron chi connectivity index (χ4n) is 1.20. The van der Waals surface area contributed by atoms with Gasteiger partial charge in [0.05, 0.1) is 13.2 Å². The zero-order chi connectivity index (χ0) is 11.6. The number of ether oxygens (including phenoxy) is 1. The lowest BCUT2D eigenvalue weighted by molar-refractivity contribution is 0.0535. The summed E-state index contributed by atoms with van der Waals surface area (Å²) in [6, 6.07) is 0.753. The Balaban J connectivity index is 3.88. The maximum atomic E-state index is 5.65. The first-order chi connectivity index (χ1) is 7.24. The molecule has 0 aliphatic heterocycles. The summed E-state index contributed by atoms with van der Waals surface area (Å²) in [5.41, 5.74) is 5.45. The van der Waals surface area contributed by atoms with Crippen LogP contribution in [0.2, 0.25) is 6.04 Å². The summed E-state index contributed by atoms with van der Waals surface area (Å²) in [4.78, 5) is 0. The Morgan fingerprint density at radius 2 is 1.80 bits per heavy atom. The second-order valence-electron chi connectivity index (χ2n) is 3.03. The smallest absolute Gasteiger partial charge is 0.379 e. The van der Waals surface area contributed by atoms with Crippen LogP contribution in [0.3, 0.4) is 0 Å². The molecular weight excluding hydrogens is 214 g/mol. The Hall–Kier alpha value is 0.0169. The van der Waals surface area contributed by atoms with Crippen LogP contribution in [0, 0.1) is 0 Å². The van der Waals surface area contributed by atoms with Crippen molar-refractivity contribution >= 4 is 8.80 Å². The van der Waals surface area contributed by atoms with E-state index in [-0.39, 0.29) is 0 Å². The molecule has 0 amide bonds. The molecule has 0 radical (unpaired) electrons. The molecule has 0 aromatic rings. The van der Waals surface area contributed by atoms with E-state index in [1.54, 1.807) is 14.2 Å². The van der Waals surface area contributed by atoms with Gasteiger partial charge in [-0.2, -0.15) is 0 Å². The van der Waals surface area contributed by atoms with Crippen molar-refractivity contribution in [1.29, 1.82) is 0 Å². The molecule has 6 heteroatoms. The van der Waals surface area contributed by atoms with Gasteiger partial charge in [0.15, 0.2) is 0 Å². The van der Waals surface area contributed by atoms with E-state index in [2.05, 4.69) is 0 Å². The van der Waals surface area contributed by atoms with Crippen LogP contribution in [0.4, 0.5) is 0 Å². The number of rotatable bonds is 10. The molecule has 2 N–H and O–H groups in total. The molecule has 0 heterocycles. The van der Waals surface area contributed by atoms with Gasteiger partial charge in [-0.05, 0) is 19.9 Å². The van der Waals surface area contributed by atoms with E-state index in [1.807, 2.05) is 6.92 Å². The summed E-state index contributed by atoms with van der Waals surface area (Å²) in [6.07, 6.45) is 0.850. The van der Waals surface area contributed by atoms with Gasteiger partial charge < -0.3 is 23.7 Å². The van der Waals surface area contributed by atoms with Crippen molar-refractivity contribution < 1.29 is 18.0 Å². The van der Waals surface area contributed by atoms with Gasteiger partial charge in [0, 0.05) is 26.9 Å². The maximum absolute atomic E-state index is 5.65. The van der Waals surface area contributed by atoms with E-state index in [9.17, 15) is 0 Å². The minimum atomic E-state index is -2.47. The molecule has 15 heavy (non-hydrogen) atoms. The molecule has 0 aliphatic carbocycles. The second-order valence-corrected chi connectivity index (χ2v) is 6.00. The van der Waals surface area contributed by atoms with E-state index in [0.29, 0.717) is 26.4 Å². The molecule has 5 nitrogen and oxygen atoms in total. The van der Waals surface area contributed by atoms with E-state index >= 15 is 0 Å². The van der Waals surface area contributed by atoms with Crippen LogP contribution in [0.25, 0.3) is 0 Å². The maximum Gasteiger partial charge on any atom is 0.500 e. The molecule has 0 spiro atoms. The van der Waals surface area contributed by atoms with Crippen LogP contribution in [0.5, 0.6) is 0 Å². The van der Waals surface area contributed by atoms with Gasteiger partial charge in [0.25, 0.3) is 0 Å². The first kappa shape index (κ1) is 15.0. The monoisotopic (exact) mass is 237 g/mol. The molecule has 0 aliphatic rings. The van der Waals surface area contributed by atoms with Crippen molar-refractivity contribution in [3.8, 4) is 0 Å². The van der Waals surface area contributed by atoms with E-state index in [1.165, 1.54) is 0 Å². The topological polar surface area (TPSA) is 62.9 Å². The number of hydrogen-bond acceptors (Lipinski definition) is 5. The minimum Gasteiger partial charge on any atom is -0.379 e. The van der Waals surface area contributed by atoms with E-state index < -0.39 is 8.80 Å². The Labute approximate surface area is 93.2 Å². The number of hydrogen-bond donors (Lipinski definition) is 1. The van der Waals surface area contributed by atoms with Crippen LogP contribution in [0.1, 0.15) is 13.3 Å². The molecule has 0 aromatic heterocycles. The molecule has 0 unspecified atom stereocenters. The lowest BCUT2D eigenvalue weighted by Gasteiger charge is -2.26. The van der Waals surface area contributed by atoms with Gasteiger partial charge in [-0.15, -0.1) is 0 Å². The van der Waals surface area contributed by atoms with Crippen molar-refractivity contribution in [2.75, 3.05) is 40.6 Å². The summed E-state index contributed by atoms with van der Waals surface area (Å²) in [7, 11) is 0.762. The SMILES string of the molecule is CCOCCO[Si](CCCN)(OC)OC. The highest BCUT2D eigenvalue weighted by Crippen LogP contribution is 2.15. The largest absolute Gasteiger partial charge is 0.500 e. The van der Waals surface area contributed by atoms with E-state index in [4.69, 9.17) is 23.7 Å². The average molecular weight is 237 g/mol. The van der Waals surface area contributed by atoms with E-state index in [0.717, 1.165) is 12.5 Å². The highest BCUT2D eigenvalue weighted by Gasteiger charge is 2.37. The summed E-state index contributed by atoms with van der Waals surface area (Å²) in [6.45, 7) is 4.34. The van der Waals surface area contributed by atoms with Gasteiger partial charge in [-0.1, -0.05) is 0 Å². The third kappa shape index (κ3) is 6.24. The van der Waals surface area contributed by atoms with Crippen LogP contribution < -0.4 is 5.73 Å². The van der Waals surface area contributed by atoms with Gasteiger partial charge in [0.1, 0.15) is 0 Å². The molecule has 0 atom stereocenters. The predicted octanol–water partition coefficient (Wildman–Crippen LogP) is 0.620. The lowest BCUT2D eigenvalue weighted by Crippen LogP contribution is -2.44. The quantitative estimate of drug-likeness (QED) is 0.446. The Bertz CT molecular complexity index is 144. The van der Waals surface area contributed by atoms with Crippen LogP contribution >= 0.6 is 0 Å². The molecule has 0 aromatic carbocycles. The molecule has 0 saturated carbocycles. The average Bonchev–Trinajstić information content (AvgIpc) is 2.29. The molecule has 92 valence electrons. The lowest BCUT2D eigenvalue weighted by atomic mass is 10.5. The first-order valence-electron chi connectivity index (χ1n) is 5.26. The highest BCUT2D eigenvalue weighted by atomic mass is 28.4.